The van der Waals surface area contributed by atoms with E-state index in [0.29, 0.717) is 9.21 Å². The molecule has 1 heterocycles. The predicted octanol–water partition coefficient (Wildman–Crippen LogP) is 3.04. The standard InChI is InChI=1S/C14H14ClNO2S/c1-14(18,10-5-3-2-4-6-10)9-16-13(17)11-7-8-12(15)19-11/h2-8,18H,9H2,1H3,(H,16,17)/t14-/m1/s1. The lowest BCUT2D eigenvalue weighted by atomic mass is 9.96. The fourth-order valence-corrected chi connectivity index (χ4v) is 2.63. The third-order valence-corrected chi connectivity index (χ3v) is 4.02. The Morgan fingerprint density at radius 3 is 2.58 bits per heavy atom. The number of carbonyl (C=O) groups is 1. The third kappa shape index (κ3) is 3.56. The summed E-state index contributed by atoms with van der Waals surface area (Å²) in [5.41, 5.74) is -0.336. The number of thiophene rings is 1. The monoisotopic (exact) mass is 295 g/mol. The van der Waals surface area contributed by atoms with E-state index in [1.807, 2.05) is 30.3 Å². The summed E-state index contributed by atoms with van der Waals surface area (Å²) in [5.74, 6) is -0.229. The molecule has 100 valence electrons. The van der Waals surface area contributed by atoms with Gasteiger partial charge in [0.2, 0.25) is 0 Å². The van der Waals surface area contributed by atoms with E-state index in [9.17, 15) is 9.90 Å². The van der Waals surface area contributed by atoms with Crippen molar-refractivity contribution in [2.75, 3.05) is 6.54 Å². The van der Waals surface area contributed by atoms with E-state index < -0.39 is 5.60 Å². The highest BCUT2D eigenvalue weighted by atomic mass is 35.5. The zero-order valence-electron chi connectivity index (χ0n) is 10.4. The summed E-state index contributed by atoms with van der Waals surface area (Å²) in [6.45, 7) is 1.81. The number of benzene rings is 1. The predicted molar refractivity (Wildman–Crippen MR) is 77.7 cm³/mol. The lowest BCUT2D eigenvalue weighted by Gasteiger charge is -2.24. The van der Waals surface area contributed by atoms with Gasteiger partial charge in [-0.1, -0.05) is 41.9 Å². The van der Waals surface area contributed by atoms with Crippen LogP contribution in [-0.2, 0) is 5.60 Å². The number of aliphatic hydroxyl groups is 1. The molecule has 0 spiro atoms. The van der Waals surface area contributed by atoms with E-state index in [1.165, 1.54) is 11.3 Å². The average molecular weight is 296 g/mol. The third-order valence-electron chi connectivity index (χ3n) is 2.79. The smallest absolute Gasteiger partial charge is 0.261 e. The number of rotatable bonds is 4. The molecular weight excluding hydrogens is 282 g/mol. The second-order valence-electron chi connectivity index (χ2n) is 4.43. The number of carbonyl (C=O) groups excluding carboxylic acids is 1. The van der Waals surface area contributed by atoms with Crippen molar-refractivity contribution in [1.82, 2.24) is 5.32 Å². The Morgan fingerprint density at radius 1 is 1.32 bits per heavy atom. The first-order valence-corrected chi connectivity index (χ1v) is 7.00. The number of nitrogens with one attached hydrogen (secondary N) is 1. The quantitative estimate of drug-likeness (QED) is 0.911. The Hall–Kier alpha value is -1.36. The molecule has 0 radical (unpaired) electrons. The van der Waals surface area contributed by atoms with Crippen LogP contribution in [0.1, 0.15) is 22.2 Å². The van der Waals surface area contributed by atoms with Crippen molar-refractivity contribution in [1.29, 1.82) is 0 Å². The summed E-state index contributed by atoms with van der Waals surface area (Å²) >= 11 is 6.99. The largest absolute Gasteiger partial charge is 0.384 e. The molecule has 0 saturated carbocycles. The van der Waals surface area contributed by atoms with Crippen molar-refractivity contribution in [3.05, 3.63) is 57.2 Å². The maximum absolute atomic E-state index is 11.9. The molecule has 0 aliphatic heterocycles. The van der Waals surface area contributed by atoms with Crippen molar-refractivity contribution < 1.29 is 9.90 Å². The molecule has 0 saturated heterocycles. The zero-order valence-corrected chi connectivity index (χ0v) is 12.0. The van der Waals surface area contributed by atoms with E-state index in [4.69, 9.17) is 11.6 Å². The molecule has 2 aromatic rings. The molecule has 1 aromatic carbocycles. The lowest BCUT2D eigenvalue weighted by molar-refractivity contribution is 0.0527. The number of hydrogen-bond acceptors (Lipinski definition) is 3. The molecule has 2 rings (SSSR count). The van der Waals surface area contributed by atoms with E-state index in [2.05, 4.69) is 5.32 Å². The first-order chi connectivity index (χ1) is 8.99. The van der Waals surface area contributed by atoms with Crippen molar-refractivity contribution in [2.24, 2.45) is 0 Å². The molecule has 0 fully saturated rings. The van der Waals surface area contributed by atoms with Crippen LogP contribution in [0.3, 0.4) is 0 Å². The summed E-state index contributed by atoms with van der Waals surface area (Å²) < 4.78 is 0.569. The Bertz CT molecular complexity index is 566. The van der Waals surface area contributed by atoms with E-state index in [-0.39, 0.29) is 12.5 Å². The summed E-state index contributed by atoms with van der Waals surface area (Å²) in [6.07, 6.45) is 0. The topological polar surface area (TPSA) is 49.3 Å². The second kappa shape index (κ2) is 5.74. The number of hydrogen-bond donors (Lipinski definition) is 2. The normalized spacial score (nSPS) is 13.8. The molecule has 0 aliphatic carbocycles. The Morgan fingerprint density at radius 2 is 2.00 bits per heavy atom. The highest BCUT2D eigenvalue weighted by molar-refractivity contribution is 7.17. The van der Waals surface area contributed by atoms with Crippen LogP contribution >= 0.6 is 22.9 Å². The summed E-state index contributed by atoms with van der Waals surface area (Å²) in [6, 6.07) is 12.6. The van der Waals surface area contributed by atoms with Gasteiger partial charge >= 0.3 is 0 Å². The van der Waals surface area contributed by atoms with Gasteiger partial charge in [0, 0.05) is 0 Å². The highest BCUT2D eigenvalue weighted by Crippen LogP contribution is 2.22. The minimum atomic E-state index is -1.10. The van der Waals surface area contributed by atoms with E-state index in [1.54, 1.807) is 19.1 Å². The van der Waals surface area contributed by atoms with Crippen LogP contribution in [0.4, 0.5) is 0 Å². The summed E-state index contributed by atoms with van der Waals surface area (Å²) in [4.78, 5) is 12.4. The fourth-order valence-electron chi connectivity index (χ4n) is 1.68. The minimum Gasteiger partial charge on any atom is -0.384 e. The van der Waals surface area contributed by atoms with Crippen LogP contribution in [0.25, 0.3) is 0 Å². The molecule has 0 bridgehead atoms. The minimum absolute atomic E-state index is 0.144. The molecule has 1 amide bonds. The first-order valence-electron chi connectivity index (χ1n) is 5.80. The van der Waals surface area contributed by atoms with Crippen LogP contribution in [0, 0.1) is 0 Å². The van der Waals surface area contributed by atoms with Gasteiger partial charge in [0.25, 0.3) is 5.91 Å². The van der Waals surface area contributed by atoms with Gasteiger partial charge < -0.3 is 10.4 Å². The lowest BCUT2D eigenvalue weighted by Crippen LogP contribution is -2.38. The van der Waals surface area contributed by atoms with Gasteiger partial charge in [-0.3, -0.25) is 4.79 Å². The van der Waals surface area contributed by atoms with Crippen molar-refractivity contribution in [2.45, 2.75) is 12.5 Å². The SMILES string of the molecule is C[C@@](O)(CNC(=O)c1ccc(Cl)s1)c1ccccc1. The van der Waals surface area contributed by atoms with E-state index >= 15 is 0 Å². The summed E-state index contributed by atoms with van der Waals surface area (Å²) in [7, 11) is 0. The Labute approximate surface area is 120 Å². The molecule has 0 unspecified atom stereocenters. The van der Waals surface area contributed by atoms with Crippen molar-refractivity contribution >= 4 is 28.8 Å². The molecule has 2 N–H and O–H groups in total. The second-order valence-corrected chi connectivity index (χ2v) is 6.14. The fraction of sp³-hybridized carbons (Fsp3) is 0.214. The van der Waals surface area contributed by atoms with Gasteiger partial charge in [-0.2, -0.15) is 0 Å². The van der Waals surface area contributed by atoms with Gasteiger partial charge in [-0.15, -0.1) is 11.3 Å². The van der Waals surface area contributed by atoms with Crippen LogP contribution in [-0.4, -0.2) is 17.6 Å². The van der Waals surface area contributed by atoms with Crippen LogP contribution in [0.2, 0.25) is 4.34 Å². The maximum Gasteiger partial charge on any atom is 0.261 e. The molecule has 5 heteroatoms. The molecule has 1 atom stereocenters. The zero-order chi connectivity index (χ0) is 13.9. The first kappa shape index (κ1) is 14.1. The van der Waals surface area contributed by atoms with Crippen LogP contribution in [0.15, 0.2) is 42.5 Å². The Kier molecular flexibility index (Phi) is 4.24. The van der Waals surface area contributed by atoms with Gasteiger partial charge in [-0.05, 0) is 24.6 Å². The van der Waals surface area contributed by atoms with E-state index in [0.717, 1.165) is 5.56 Å². The molecule has 3 nitrogen and oxygen atoms in total. The van der Waals surface area contributed by atoms with Crippen molar-refractivity contribution in [3.63, 3.8) is 0 Å². The number of amides is 1. The Balaban J connectivity index is 2.00. The van der Waals surface area contributed by atoms with Crippen molar-refractivity contribution in [3.8, 4) is 0 Å². The van der Waals surface area contributed by atoms with Gasteiger partial charge in [0.15, 0.2) is 0 Å². The van der Waals surface area contributed by atoms with Crippen LogP contribution in [0.5, 0.6) is 0 Å². The van der Waals surface area contributed by atoms with Gasteiger partial charge in [0.1, 0.15) is 5.60 Å². The summed E-state index contributed by atoms with van der Waals surface area (Å²) in [5, 5.41) is 13.1. The highest BCUT2D eigenvalue weighted by Gasteiger charge is 2.23. The molecule has 1 aromatic heterocycles. The molecule has 0 aliphatic rings. The number of halogens is 1. The van der Waals surface area contributed by atoms with Crippen LogP contribution < -0.4 is 5.32 Å². The van der Waals surface area contributed by atoms with Gasteiger partial charge in [-0.25, -0.2) is 0 Å². The van der Waals surface area contributed by atoms with Gasteiger partial charge in [0.05, 0.1) is 15.8 Å². The molecular formula is C14H14ClNO2S. The average Bonchev–Trinajstić information content (AvgIpc) is 2.84. The molecule has 19 heavy (non-hydrogen) atoms. The maximum atomic E-state index is 11.9.